The number of hydrogen-bond acceptors (Lipinski definition) is 11. The number of aliphatic hydroxyl groups is 1. The van der Waals surface area contributed by atoms with Gasteiger partial charge in [0, 0.05) is 18.7 Å². The Morgan fingerprint density at radius 1 is 1.16 bits per heavy atom. The van der Waals surface area contributed by atoms with Gasteiger partial charge < -0.3 is 34.2 Å². The molecule has 0 radical (unpaired) electrons. The van der Waals surface area contributed by atoms with Crippen LogP contribution in [0.4, 0.5) is 0 Å². The van der Waals surface area contributed by atoms with Gasteiger partial charge in [0.1, 0.15) is 17.8 Å². The Hall–Kier alpha value is -1.03. The highest BCUT2D eigenvalue weighted by molar-refractivity contribution is 7.66. The molecule has 6 N–H and O–H groups in total. The number of phosphoric acid groups is 3. The van der Waals surface area contributed by atoms with Gasteiger partial charge in [0.2, 0.25) is 0 Å². The number of fused-ring (bicyclic) bond motifs is 2. The normalized spacial score (nSPS) is 32.4. The Morgan fingerprint density at radius 2 is 1.84 bits per heavy atom. The summed E-state index contributed by atoms with van der Waals surface area (Å²) in [7, 11) is -16.7. The van der Waals surface area contributed by atoms with E-state index in [0.717, 1.165) is 16.8 Å². The molecule has 2 aliphatic rings. The Morgan fingerprint density at radius 3 is 2.45 bits per heavy atom. The van der Waals surface area contributed by atoms with Crippen molar-refractivity contribution in [3.8, 4) is 0 Å². The highest BCUT2D eigenvalue weighted by atomic mass is 31.3. The van der Waals surface area contributed by atoms with Gasteiger partial charge >= 0.3 is 29.2 Å². The molecule has 0 saturated carbocycles. The van der Waals surface area contributed by atoms with Gasteiger partial charge in [-0.1, -0.05) is 0 Å². The van der Waals surface area contributed by atoms with Gasteiger partial charge in [-0.05, 0) is 0 Å². The molecule has 176 valence electrons. The molecular formula is C11H17N2O15P3. The van der Waals surface area contributed by atoms with Crippen LogP contribution in [0.2, 0.25) is 0 Å². The van der Waals surface area contributed by atoms with Crippen LogP contribution in [0.15, 0.2) is 21.9 Å². The zero-order valence-electron chi connectivity index (χ0n) is 15.1. The van der Waals surface area contributed by atoms with E-state index in [2.05, 4.69) is 13.1 Å². The van der Waals surface area contributed by atoms with Crippen LogP contribution < -0.4 is 11.2 Å². The quantitative estimate of drug-likeness (QED) is 0.213. The number of rotatable bonds is 8. The van der Waals surface area contributed by atoms with Gasteiger partial charge in [-0.3, -0.25) is 18.9 Å². The summed E-state index contributed by atoms with van der Waals surface area (Å²) in [6, 6.07) is 1.01. The maximum Gasteiger partial charge on any atom is 0.490 e. The SMILES string of the molecule is O=c1ccn([C@@H]2O[C@@]3(COP(=O)(O)OP(=O)(O)OP(=O)(O)O)CCO[C@@H]2[C@@H]3O)c(=O)[nH]1. The summed E-state index contributed by atoms with van der Waals surface area (Å²) in [6.07, 6.45) is -2.97. The average molecular weight is 510 g/mol. The van der Waals surface area contributed by atoms with E-state index in [0.29, 0.717) is 0 Å². The second-order valence-electron chi connectivity index (χ2n) is 6.49. The minimum Gasteiger partial charge on any atom is -0.387 e. The first-order valence-electron chi connectivity index (χ1n) is 8.20. The average Bonchev–Trinajstić information content (AvgIpc) is 2.73. The predicted molar refractivity (Wildman–Crippen MR) is 94.4 cm³/mol. The van der Waals surface area contributed by atoms with Crippen LogP contribution in [0.25, 0.3) is 0 Å². The molecule has 2 bridgehead atoms. The summed E-state index contributed by atoms with van der Waals surface area (Å²) in [5.41, 5.74) is -3.32. The van der Waals surface area contributed by atoms with Crippen LogP contribution in [0.3, 0.4) is 0 Å². The first-order chi connectivity index (χ1) is 14.1. The van der Waals surface area contributed by atoms with Gasteiger partial charge in [0.05, 0.1) is 13.2 Å². The third kappa shape index (κ3) is 5.67. The van der Waals surface area contributed by atoms with Crippen molar-refractivity contribution in [2.75, 3.05) is 13.2 Å². The number of aliphatic hydroxyl groups excluding tert-OH is 1. The summed E-state index contributed by atoms with van der Waals surface area (Å²) in [4.78, 5) is 61.1. The number of nitrogens with one attached hydrogen (secondary N) is 1. The molecule has 1 aromatic heterocycles. The van der Waals surface area contributed by atoms with Gasteiger partial charge in [0.25, 0.3) is 5.56 Å². The number of phosphoric ester groups is 1. The lowest BCUT2D eigenvalue weighted by Crippen LogP contribution is -2.51. The van der Waals surface area contributed by atoms with Gasteiger partial charge in [-0.2, -0.15) is 8.62 Å². The minimum atomic E-state index is -5.72. The zero-order chi connectivity index (χ0) is 23.2. The standard InChI is InChI=1S/C11H17N2O15P3/c14-6-1-3-13(10(16)12-6)9-7-8(15)11(26-9,2-4-24-7)5-25-30(20,21)28-31(22,23)27-29(17,18)19/h1,3,7-9,15H,2,4-5H2,(H,20,21)(H,22,23)(H,12,14,16)(H2,17,18,19)/t7-,8+,9-,11-/m1/s1. The summed E-state index contributed by atoms with van der Waals surface area (Å²) in [5.74, 6) is 0. The number of nitrogens with zero attached hydrogens (tertiary/aromatic N) is 1. The molecule has 2 unspecified atom stereocenters. The lowest BCUT2D eigenvalue weighted by atomic mass is 9.90. The summed E-state index contributed by atoms with van der Waals surface area (Å²) < 4.78 is 57.8. The van der Waals surface area contributed by atoms with Crippen molar-refractivity contribution in [1.82, 2.24) is 9.55 Å². The highest BCUT2D eigenvalue weighted by Gasteiger charge is 2.59. The Kier molecular flexibility index (Phi) is 6.66. The van der Waals surface area contributed by atoms with Gasteiger partial charge in [0.15, 0.2) is 6.23 Å². The van der Waals surface area contributed by atoms with E-state index in [-0.39, 0.29) is 13.0 Å². The lowest BCUT2D eigenvalue weighted by molar-refractivity contribution is -0.141. The number of aromatic nitrogens is 2. The van der Waals surface area contributed by atoms with Crippen LogP contribution in [0.1, 0.15) is 12.6 Å². The Labute approximate surface area is 171 Å². The lowest BCUT2D eigenvalue weighted by Gasteiger charge is -2.35. The molecular weight excluding hydrogens is 493 g/mol. The maximum atomic E-state index is 12.0. The number of H-pyrrole nitrogens is 1. The van der Waals surface area contributed by atoms with E-state index in [1.54, 1.807) is 0 Å². The molecule has 2 saturated heterocycles. The first kappa shape index (κ1) is 24.6. The molecule has 17 nitrogen and oxygen atoms in total. The van der Waals surface area contributed by atoms with E-state index >= 15 is 0 Å². The van der Waals surface area contributed by atoms with Crippen molar-refractivity contribution in [3.05, 3.63) is 33.1 Å². The molecule has 0 spiro atoms. The number of aromatic amines is 1. The molecule has 2 aliphatic heterocycles. The summed E-state index contributed by atoms with van der Waals surface area (Å²) >= 11 is 0. The predicted octanol–water partition coefficient (Wildman–Crippen LogP) is -1.70. The molecule has 0 aliphatic carbocycles. The monoisotopic (exact) mass is 510 g/mol. The number of hydrogen-bond donors (Lipinski definition) is 6. The Balaban J connectivity index is 1.77. The van der Waals surface area contributed by atoms with Gasteiger partial charge in [-0.25, -0.2) is 18.5 Å². The summed E-state index contributed by atoms with van der Waals surface area (Å²) in [5, 5.41) is 10.6. The third-order valence-corrected chi connectivity index (χ3v) is 8.12. The first-order valence-corrected chi connectivity index (χ1v) is 12.7. The molecule has 1 aromatic rings. The van der Waals surface area contributed by atoms with Crippen molar-refractivity contribution in [2.45, 2.75) is 30.5 Å². The third-order valence-electron chi connectivity index (χ3n) is 4.34. The second-order valence-corrected chi connectivity index (χ2v) is 10.9. The number of ether oxygens (including phenoxy) is 2. The van der Waals surface area contributed by atoms with Crippen molar-refractivity contribution in [3.63, 3.8) is 0 Å². The molecule has 20 heteroatoms. The van der Waals surface area contributed by atoms with Crippen molar-refractivity contribution < 1.29 is 61.0 Å². The van der Waals surface area contributed by atoms with E-state index < -0.39 is 65.4 Å². The fourth-order valence-electron chi connectivity index (χ4n) is 3.11. The van der Waals surface area contributed by atoms with E-state index in [1.807, 2.05) is 4.98 Å². The van der Waals surface area contributed by atoms with Crippen LogP contribution in [0, 0.1) is 0 Å². The maximum absolute atomic E-state index is 12.0. The largest absolute Gasteiger partial charge is 0.490 e. The van der Waals surface area contributed by atoms with Crippen LogP contribution in [-0.4, -0.2) is 65.3 Å². The Bertz CT molecular complexity index is 1090. The highest BCUT2D eigenvalue weighted by Crippen LogP contribution is 2.66. The van der Waals surface area contributed by atoms with Crippen LogP contribution >= 0.6 is 23.5 Å². The molecule has 2 fully saturated rings. The van der Waals surface area contributed by atoms with Crippen molar-refractivity contribution in [1.29, 1.82) is 0 Å². The van der Waals surface area contributed by atoms with E-state index in [9.17, 15) is 38.2 Å². The molecule has 31 heavy (non-hydrogen) atoms. The molecule has 0 amide bonds. The van der Waals surface area contributed by atoms with E-state index in [1.165, 1.54) is 0 Å². The molecule has 3 heterocycles. The topological polar surface area (TPSA) is 253 Å². The van der Waals surface area contributed by atoms with Crippen molar-refractivity contribution >= 4 is 23.5 Å². The minimum absolute atomic E-state index is 0.0455. The van der Waals surface area contributed by atoms with Crippen LogP contribution in [0.5, 0.6) is 0 Å². The summed E-state index contributed by atoms with van der Waals surface area (Å²) in [6.45, 7) is -0.970. The van der Waals surface area contributed by atoms with Gasteiger partial charge in [-0.15, -0.1) is 0 Å². The zero-order valence-corrected chi connectivity index (χ0v) is 17.8. The van der Waals surface area contributed by atoms with Crippen molar-refractivity contribution in [2.24, 2.45) is 0 Å². The van der Waals surface area contributed by atoms with Crippen LogP contribution in [-0.2, 0) is 36.3 Å². The smallest absolute Gasteiger partial charge is 0.387 e. The fraction of sp³-hybridized carbons (Fsp3) is 0.636. The second kappa shape index (κ2) is 8.39. The molecule has 3 rings (SSSR count). The van der Waals surface area contributed by atoms with E-state index in [4.69, 9.17) is 19.3 Å². The molecule has 6 atom stereocenters. The fourth-order valence-corrected chi connectivity index (χ4v) is 6.19. The molecule has 0 aromatic carbocycles.